The summed E-state index contributed by atoms with van der Waals surface area (Å²) in [5.74, 6) is -3.37. The van der Waals surface area contributed by atoms with Crippen molar-refractivity contribution < 1.29 is 29.4 Å². The van der Waals surface area contributed by atoms with Crippen molar-refractivity contribution in [3.63, 3.8) is 0 Å². The Morgan fingerprint density at radius 1 is 0.935 bits per heavy atom. The molecule has 11 N–H and O–H groups in total. The molecule has 4 unspecified atom stereocenters. The number of carboxylic acids is 1. The summed E-state index contributed by atoms with van der Waals surface area (Å²) >= 11 is 0. The van der Waals surface area contributed by atoms with Crippen LogP contribution in [-0.4, -0.2) is 77.2 Å². The van der Waals surface area contributed by atoms with Gasteiger partial charge >= 0.3 is 5.97 Å². The minimum Gasteiger partial charge on any atom is -0.480 e. The number of aliphatic hydroxyl groups is 1. The molecule has 0 aromatic heterocycles. The third-order valence-corrected chi connectivity index (χ3v) is 4.19. The van der Waals surface area contributed by atoms with E-state index in [0.29, 0.717) is 6.42 Å². The number of carbonyl (C=O) groups is 4. The Bertz CT molecular complexity index is 651. The maximum absolute atomic E-state index is 12.6. The van der Waals surface area contributed by atoms with Crippen LogP contribution in [0.1, 0.15) is 40.0 Å². The summed E-state index contributed by atoms with van der Waals surface area (Å²) < 4.78 is 0. The monoisotopic (exact) mass is 445 g/mol. The first-order chi connectivity index (χ1) is 14.4. The highest BCUT2D eigenvalue weighted by molar-refractivity contribution is 5.93. The normalized spacial score (nSPS) is 14.6. The summed E-state index contributed by atoms with van der Waals surface area (Å²) in [4.78, 5) is 52.1. The zero-order valence-electron chi connectivity index (χ0n) is 18.1. The summed E-state index contributed by atoms with van der Waals surface area (Å²) in [7, 11) is 0. The molecule has 0 aliphatic carbocycles. The predicted octanol–water partition coefficient (Wildman–Crippen LogP) is -3.04. The molecule has 0 aliphatic rings. The van der Waals surface area contributed by atoms with Crippen LogP contribution in [0, 0.1) is 5.92 Å². The van der Waals surface area contributed by atoms with Gasteiger partial charge < -0.3 is 43.4 Å². The highest BCUT2D eigenvalue weighted by atomic mass is 16.4. The Labute approximate surface area is 181 Å². The first-order valence-electron chi connectivity index (χ1n) is 9.94. The molecular weight excluding hydrogens is 410 g/mol. The fourth-order valence-corrected chi connectivity index (χ4v) is 2.50. The molecular formula is C18H35N7O6. The molecule has 0 bridgehead atoms. The number of aliphatic hydroxyl groups excluding tert-OH is 1. The van der Waals surface area contributed by atoms with E-state index in [-0.39, 0.29) is 31.3 Å². The first-order valence-corrected chi connectivity index (χ1v) is 9.94. The van der Waals surface area contributed by atoms with E-state index in [1.54, 1.807) is 0 Å². The van der Waals surface area contributed by atoms with Gasteiger partial charge in [-0.25, -0.2) is 4.79 Å². The van der Waals surface area contributed by atoms with Crippen LogP contribution >= 0.6 is 0 Å². The smallest absolute Gasteiger partial charge is 0.326 e. The molecule has 178 valence electrons. The molecule has 31 heavy (non-hydrogen) atoms. The van der Waals surface area contributed by atoms with Gasteiger partial charge in [-0.15, -0.1) is 0 Å². The van der Waals surface area contributed by atoms with Crippen LogP contribution in [0.4, 0.5) is 0 Å². The molecule has 0 rings (SSSR count). The molecule has 0 spiro atoms. The highest BCUT2D eigenvalue weighted by Gasteiger charge is 2.28. The van der Waals surface area contributed by atoms with E-state index in [0.717, 1.165) is 0 Å². The lowest BCUT2D eigenvalue weighted by Gasteiger charge is -2.23. The Morgan fingerprint density at radius 3 is 2.00 bits per heavy atom. The fourth-order valence-electron chi connectivity index (χ4n) is 2.50. The molecule has 0 aliphatic heterocycles. The number of guanidine groups is 1. The average Bonchev–Trinajstić information content (AvgIpc) is 2.67. The first kappa shape index (κ1) is 28.1. The van der Waals surface area contributed by atoms with E-state index in [2.05, 4.69) is 20.9 Å². The van der Waals surface area contributed by atoms with Gasteiger partial charge in [-0.1, -0.05) is 13.8 Å². The predicted molar refractivity (Wildman–Crippen MR) is 114 cm³/mol. The average molecular weight is 446 g/mol. The Kier molecular flexibility index (Phi) is 12.8. The van der Waals surface area contributed by atoms with Crippen LogP contribution in [-0.2, 0) is 19.2 Å². The maximum atomic E-state index is 12.6. The van der Waals surface area contributed by atoms with Gasteiger partial charge in [-0.05, 0) is 32.1 Å². The number of aliphatic imine (C=N–C) groups is 1. The molecule has 13 heteroatoms. The molecule has 0 aromatic rings. The summed E-state index contributed by atoms with van der Waals surface area (Å²) in [5.41, 5.74) is 16.0. The van der Waals surface area contributed by atoms with Crippen LogP contribution in [0.15, 0.2) is 4.99 Å². The van der Waals surface area contributed by atoms with E-state index in [1.807, 2.05) is 13.8 Å². The summed E-state index contributed by atoms with van der Waals surface area (Å²) in [6.07, 6.45) is 0.691. The summed E-state index contributed by atoms with van der Waals surface area (Å²) in [5, 5.41) is 25.5. The molecule has 0 saturated heterocycles. The number of nitrogens with zero attached hydrogens (tertiary/aromatic N) is 1. The third-order valence-electron chi connectivity index (χ3n) is 4.19. The number of aliphatic carboxylic acids is 1. The van der Waals surface area contributed by atoms with Crippen molar-refractivity contribution in [2.24, 2.45) is 28.1 Å². The molecule has 0 heterocycles. The number of carboxylic acid groups (broad SMARTS) is 1. The molecule has 3 amide bonds. The van der Waals surface area contributed by atoms with Crippen molar-refractivity contribution in [1.82, 2.24) is 16.0 Å². The lowest BCUT2D eigenvalue weighted by Crippen LogP contribution is -2.56. The standard InChI is InChI=1S/C18H35N7O6/c1-9(2)7-13(17(30)31)25-14(27)10(3)23-16(29)12(5-4-6-22-18(20)21)24-15(28)11(19)8-26/h9-13,26H,4-8,19H2,1-3H3,(H,23,29)(H,24,28)(H,25,27)(H,30,31)(H4,20,21,22). The van der Waals surface area contributed by atoms with E-state index >= 15 is 0 Å². The maximum Gasteiger partial charge on any atom is 0.326 e. The summed E-state index contributed by atoms with van der Waals surface area (Å²) in [6.45, 7) is 4.62. The lowest BCUT2D eigenvalue weighted by molar-refractivity contribution is -0.142. The van der Waals surface area contributed by atoms with Crippen molar-refractivity contribution in [2.45, 2.75) is 64.2 Å². The van der Waals surface area contributed by atoms with Crippen molar-refractivity contribution >= 4 is 29.7 Å². The van der Waals surface area contributed by atoms with Crippen LogP contribution in [0.25, 0.3) is 0 Å². The van der Waals surface area contributed by atoms with Gasteiger partial charge in [0.25, 0.3) is 0 Å². The van der Waals surface area contributed by atoms with Gasteiger partial charge in [0.1, 0.15) is 24.2 Å². The van der Waals surface area contributed by atoms with Crippen molar-refractivity contribution in [1.29, 1.82) is 0 Å². The second-order valence-corrected chi connectivity index (χ2v) is 7.56. The largest absolute Gasteiger partial charge is 0.480 e. The second-order valence-electron chi connectivity index (χ2n) is 7.56. The highest BCUT2D eigenvalue weighted by Crippen LogP contribution is 2.06. The zero-order chi connectivity index (χ0) is 24.1. The van der Waals surface area contributed by atoms with Crippen molar-refractivity contribution in [3.8, 4) is 0 Å². The number of hydrogen-bond acceptors (Lipinski definition) is 7. The zero-order valence-corrected chi connectivity index (χ0v) is 18.1. The molecule has 0 aromatic carbocycles. The number of nitrogens with two attached hydrogens (primary N) is 3. The van der Waals surface area contributed by atoms with Gasteiger partial charge in [0.2, 0.25) is 17.7 Å². The van der Waals surface area contributed by atoms with Crippen molar-refractivity contribution in [2.75, 3.05) is 13.2 Å². The van der Waals surface area contributed by atoms with Crippen LogP contribution in [0.2, 0.25) is 0 Å². The molecule has 4 atom stereocenters. The van der Waals surface area contributed by atoms with Gasteiger partial charge in [0, 0.05) is 6.54 Å². The van der Waals surface area contributed by atoms with E-state index in [9.17, 15) is 24.3 Å². The number of hydrogen-bond donors (Lipinski definition) is 8. The Balaban J connectivity index is 5.09. The molecule has 0 radical (unpaired) electrons. The van der Waals surface area contributed by atoms with E-state index in [1.165, 1.54) is 6.92 Å². The fraction of sp³-hybridized carbons (Fsp3) is 0.722. The number of carbonyl (C=O) groups excluding carboxylic acids is 3. The van der Waals surface area contributed by atoms with Crippen LogP contribution < -0.4 is 33.2 Å². The molecule has 13 nitrogen and oxygen atoms in total. The van der Waals surface area contributed by atoms with Gasteiger partial charge in [0.15, 0.2) is 5.96 Å². The molecule has 0 saturated carbocycles. The number of amides is 3. The van der Waals surface area contributed by atoms with Gasteiger partial charge in [0.05, 0.1) is 6.61 Å². The number of rotatable bonds is 14. The van der Waals surface area contributed by atoms with Crippen molar-refractivity contribution in [3.05, 3.63) is 0 Å². The minimum absolute atomic E-state index is 0.0341. The SMILES string of the molecule is CC(C)CC(NC(=O)C(C)NC(=O)C(CCCN=C(N)N)NC(=O)C(N)CO)C(=O)O. The Hall–Kier alpha value is -2.93. The minimum atomic E-state index is -1.22. The van der Waals surface area contributed by atoms with Crippen LogP contribution in [0.5, 0.6) is 0 Å². The lowest BCUT2D eigenvalue weighted by atomic mass is 10.0. The Morgan fingerprint density at radius 2 is 1.52 bits per heavy atom. The third kappa shape index (κ3) is 11.7. The second kappa shape index (κ2) is 14.1. The van der Waals surface area contributed by atoms with E-state index in [4.69, 9.17) is 22.3 Å². The summed E-state index contributed by atoms with van der Waals surface area (Å²) in [6, 6.07) is -4.45. The van der Waals surface area contributed by atoms with Gasteiger partial charge in [-0.2, -0.15) is 0 Å². The van der Waals surface area contributed by atoms with Crippen LogP contribution in [0.3, 0.4) is 0 Å². The van der Waals surface area contributed by atoms with Gasteiger partial charge in [-0.3, -0.25) is 19.4 Å². The van der Waals surface area contributed by atoms with E-state index < -0.39 is 54.5 Å². The quantitative estimate of drug-likeness (QED) is 0.0769. The topological polar surface area (TPSA) is 235 Å². The molecule has 0 fully saturated rings. The number of nitrogens with one attached hydrogen (secondary N) is 3.